The molecule has 1 saturated heterocycles. The highest BCUT2D eigenvalue weighted by Gasteiger charge is 2.31. The molecule has 1 aliphatic heterocycles. The lowest BCUT2D eigenvalue weighted by atomic mass is 10.0. The Hall–Kier alpha value is -2.14. The summed E-state index contributed by atoms with van der Waals surface area (Å²) >= 11 is 1.19. The van der Waals surface area contributed by atoms with E-state index in [1.165, 1.54) is 18.4 Å². The summed E-state index contributed by atoms with van der Waals surface area (Å²) in [6.45, 7) is 0.754. The molecule has 4 nitrogen and oxygen atoms in total. The molecule has 1 aromatic heterocycles. The van der Waals surface area contributed by atoms with Crippen LogP contribution in [0.2, 0.25) is 0 Å². The Morgan fingerprint density at radius 2 is 1.86 bits per heavy atom. The first-order valence-corrected chi connectivity index (χ1v) is 8.06. The van der Waals surface area contributed by atoms with Crippen molar-refractivity contribution in [2.45, 2.75) is 18.9 Å². The van der Waals surface area contributed by atoms with Crippen LogP contribution in [0.15, 0.2) is 42.5 Å². The minimum atomic E-state index is -0.398. The van der Waals surface area contributed by atoms with E-state index in [0.717, 1.165) is 24.9 Å². The van der Waals surface area contributed by atoms with Crippen molar-refractivity contribution in [2.24, 2.45) is 0 Å². The van der Waals surface area contributed by atoms with Gasteiger partial charge < -0.3 is 9.64 Å². The van der Waals surface area contributed by atoms with Crippen molar-refractivity contribution in [3.05, 3.63) is 57.8 Å². The molecule has 1 fully saturated rings. The van der Waals surface area contributed by atoms with Crippen molar-refractivity contribution in [3.8, 4) is 0 Å². The number of thiophene rings is 1. The minimum Gasteiger partial charge on any atom is -0.465 e. The van der Waals surface area contributed by atoms with Crippen LogP contribution in [0, 0.1) is 0 Å². The molecule has 0 saturated carbocycles. The van der Waals surface area contributed by atoms with Gasteiger partial charge in [-0.1, -0.05) is 30.3 Å². The molecule has 5 heteroatoms. The first-order chi connectivity index (χ1) is 10.7. The molecule has 0 N–H and O–H groups in total. The SMILES string of the molecule is COC(=O)c1ccc(C(=O)N2CCCC2c2ccccc2)s1. The van der Waals surface area contributed by atoms with Crippen LogP contribution < -0.4 is 0 Å². The second kappa shape index (κ2) is 6.32. The van der Waals surface area contributed by atoms with E-state index < -0.39 is 5.97 Å². The molecule has 2 aromatic rings. The zero-order valence-corrected chi connectivity index (χ0v) is 13.1. The third-order valence-corrected chi connectivity index (χ3v) is 4.95. The minimum absolute atomic E-state index is 0.00786. The number of amides is 1. The van der Waals surface area contributed by atoms with Crippen LogP contribution in [0.5, 0.6) is 0 Å². The summed E-state index contributed by atoms with van der Waals surface area (Å²) in [6.07, 6.45) is 1.98. The number of likely N-dealkylation sites (tertiary alicyclic amines) is 1. The van der Waals surface area contributed by atoms with Gasteiger partial charge in [0.15, 0.2) is 0 Å². The Morgan fingerprint density at radius 1 is 1.14 bits per heavy atom. The van der Waals surface area contributed by atoms with E-state index in [2.05, 4.69) is 12.1 Å². The number of benzene rings is 1. The van der Waals surface area contributed by atoms with Gasteiger partial charge in [0.05, 0.1) is 18.0 Å². The Labute approximate surface area is 133 Å². The number of methoxy groups -OCH3 is 1. The number of carbonyl (C=O) groups excluding carboxylic acids is 2. The van der Waals surface area contributed by atoms with Gasteiger partial charge in [-0.15, -0.1) is 11.3 Å². The van der Waals surface area contributed by atoms with Crippen molar-refractivity contribution in [2.75, 3.05) is 13.7 Å². The third kappa shape index (κ3) is 2.76. The summed E-state index contributed by atoms with van der Waals surface area (Å²) in [5, 5.41) is 0. The average Bonchev–Trinajstić information content (AvgIpc) is 3.23. The van der Waals surface area contributed by atoms with E-state index in [9.17, 15) is 9.59 Å². The van der Waals surface area contributed by atoms with Gasteiger partial charge >= 0.3 is 5.97 Å². The number of nitrogens with zero attached hydrogens (tertiary/aromatic N) is 1. The maximum absolute atomic E-state index is 12.7. The van der Waals surface area contributed by atoms with Crippen LogP contribution in [0.25, 0.3) is 0 Å². The fourth-order valence-electron chi connectivity index (χ4n) is 2.84. The number of esters is 1. The highest BCUT2D eigenvalue weighted by Crippen LogP contribution is 2.34. The maximum atomic E-state index is 12.7. The van der Waals surface area contributed by atoms with Crippen molar-refractivity contribution in [1.29, 1.82) is 0 Å². The van der Waals surface area contributed by atoms with E-state index in [-0.39, 0.29) is 11.9 Å². The van der Waals surface area contributed by atoms with Crippen molar-refractivity contribution >= 4 is 23.2 Å². The molecule has 22 heavy (non-hydrogen) atoms. The Kier molecular flexibility index (Phi) is 4.24. The molecule has 0 spiro atoms. The second-order valence-electron chi connectivity index (χ2n) is 5.22. The molecule has 1 amide bonds. The van der Waals surface area contributed by atoms with Crippen molar-refractivity contribution < 1.29 is 14.3 Å². The largest absolute Gasteiger partial charge is 0.465 e. The van der Waals surface area contributed by atoms with Crippen LogP contribution >= 0.6 is 11.3 Å². The van der Waals surface area contributed by atoms with E-state index in [1.807, 2.05) is 23.1 Å². The van der Waals surface area contributed by atoms with E-state index in [0.29, 0.717) is 9.75 Å². The van der Waals surface area contributed by atoms with E-state index in [4.69, 9.17) is 4.74 Å². The van der Waals surface area contributed by atoms with Crippen LogP contribution in [0.3, 0.4) is 0 Å². The summed E-state index contributed by atoms with van der Waals surface area (Å²) in [5.41, 5.74) is 1.16. The number of rotatable bonds is 3. The third-order valence-electron chi connectivity index (χ3n) is 3.90. The van der Waals surface area contributed by atoms with E-state index in [1.54, 1.807) is 12.1 Å². The molecule has 0 radical (unpaired) electrons. The van der Waals surface area contributed by atoms with E-state index >= 15 is 0 Å². The van der Waals surface area contributed by atoms with Gasteiger partial charge in [0.2, 0.25) is 0 Å². The number of hydrogen-bond acceptors (Lipinski definition) is 4. The summed E-state index contributed by atoms with van der Waals surface area (Å²) in [5.74, 6) is -0.406. The molecule has 1 aliphatic rings. The molecule has 3 rings (SSSR count). The fourth-order valence-corrected chi connectivity index (χ4v) is 3.72. The first kappa shape index (κ1) is 14.8. The zero-order chi connectivity index (χ0) is 15.5. The quantitative estimate of drug-likeness (QED) is 0.814. The number of hydrogen-bond donors (Lipinski definition) is 0. The molecule has 2 heterocycles. The lowest BCUT2D eigenvalue weighted by Crippen LogP contribution is -2.29. The van der Waals surface area contributed by atoms with Gasteiger partial charge in [-0.25, -0.2) is 4.79 Å². The summed E-state index contributed by atoms with van der Waals surface area (Å²) < 4.78 is 4.69. The van der Waals surface area contributed by atoms with Gasteiger partial charge in [-0.2, -0.15) is 0 Å². The van der Waals surface area contributed by atoms with Gasteiger partial charge in [0.25, 0.3) is 5.91 Å². The molecular formula is C17H17NO3S. The van der Waals surface area contributed by atoms with Crippen molar-refractivity contribution in [1.82, 2.24) is 4.90 Å². The summed E-state index contributed by atoms with van der Waals surface area (Å²) in [4.78, 5) is 27.2. The van der Waals surface area contributed by atoms with Gasteiger partial charge in [-0.3, -0.25) is 4.79 Å². The van der Waals surface area contributed by atoms with Gasteiger partial charge in [-0.05, 0) is 30.5 Å². The second-order valence-corrected chi connectivity index (χ2v) is 6.31. The average molecular weight is 315 g/mol. The van der Waals surface area contributed by atoms with Crippen LogP contribution in [-0.2, 0) is 4.74 Å². The lowest BCUT2D eigenvalue weighted by Gasteiger charge is -2.24. The first-order valence-electron chi connectivity index (χ1n) is 7.25. The topological polar surface area (TPSA) is 46.6 Å². The van der Waals surface area contributed by atoms with Gasteiger partial charge in [0, 0.05) is 6.54 Å². The Morgan fingerprint density at radius 3 is 2.59 bits per heavy atom. The molecule has 1 aromatic carbocycles. The summed E-state index contributed by atoms with van der Waals surface area (Å²) in [7, 11) is 1.34. The molecular weight excluding hydrogens is 298 g/mol. The van der Waals surface area contributed by atoms with Crippen LogP contribution in [-0.4, -0.2) is 30.4 Å². The zero-order valence-electron chi connectivity index (χ0n) is 12.3. The monoisotopic (exact) mass is 315 g/mol. The smallest absolute Gasteiger partial charge is 0.348 e. The predicted molar refractivity (Wildman–Crippen MR) is 85.1 cm³/mol. The predicted octanol–water partition coefficient (Wildman–Crippen LogP) is 3.51. The number of ether oxygens (including phenoxy) is 1. The van der Waals surface area contributed by atoms with Crippen LogP contribution in [0.1, 0.15) is 43.8 Å². The molecule has 1 unspecified atom stereocenters. The summed E-state index contributed by atoms with van der Waals surface area (Å²) in [6, 6.07) is 13.6. The highest BCUT2D eigenvalue weighted by molar-refractivity contribution is 7.15. The molecule has 0 bridgehead atoms. The highest BCUT2D eigenvalue weighted by atomic mass is 32.1. The molecule has 114 valence electrons. The Bertz CT molecular complexity index is 680. The maximum Gasteiger partial charge on any atom is 0.348 e. The number of carbonyl (C=O) groups is 2. The fraction of sp³-hybridized carbons (Fsp3) is 0.294. The molecule has 1 atom stereocenters. The Balaban J connectivity index is 1.82. The lowest BCUT2D eigenvalue weighted by molar-refractivity contribution is 0.0606. The van der Waals surface area contributed by atoms with Crippen LogP contribution in [0.4, 0.5) is 0 Å². The normalized spacial score (nSPS) is 17.5. The van der Waals surface area contributed by atoms with Gasteiger partial charge in [0.1, 0.15) is 4.88 Å². The molecule has 0 aliphatic carbocycles. The standard InChI is InChI=1S/C17H17NO3S/c1-21-17(20)15-10-9-14(22-15)16(19)18-11-5-8-13(18)12-6-3-2-4-7-12/h2-4,6-7,9-10,13H,5,8,11H2,1H3. The van der Waals surface area contributed by atoms with Crippen molar-refractivity contribution in [3.63, 3.8) is 0 Å².